The first-order valence-corrected chi connectivity index (χ1v) is 10.3. The number of aliphatic hydroxyl groups excluding tert-OH is 1. The van der Waals surface area contributed by atoms with Crippen LogP contribution in [0.4, 0.5) is 0 Å². The van der Waals surface area contributed by atoms with E-state index in [0.29, 0.717) is 17.9 Å². The predicted molar refractivity (Wildman–Crippen MR) is 114 cm³/mol. The van der Waals surface area contributed by atoms with Crippen LogP contribution in [0.15, 0.2) is 48.0 Å². The van der Waals surface area contributed by atoms with Gasteiger partial charge in [0.25, 0.3) is 11.7 Å². The third-order valence-electron chi connectivity index (χ3n) is 5.60. The Morgan fingerprint density at radius 2 is 1.97 bits per heavy atom. The van der Waals surface area contributed by atoms with Crippen LogP contribution in [-0.4, -0.2) is 53.2 Å². The number of nitrogens with zero attached hydrogens (tertiary/aromatic N) is 1. The van der Waals surface area contributed by atoms with Crippen molar-refractivity contribution in [1.82, 2.24) is 4.90 Å². The molecule has 31 heavy (non-hydrogen) atoms. The van der Waals surface area contributed by atoms with Crippen molar-refractivity contribution in [2.45, 2.75) is 25.0 Å². The highest BCUT2D eigenvalue weighted by atomic mass is 35.5. The number of hydrogen-bond acceptors (Lipinski definition) is 6. The molecular weight excluding hydrogens is 422 g/mol. The second kappa shape index (κ2) is 8.61. The number of aromatic hydroxyl groups is 1. The summed E-state index contributed by atoms with van der Waals surface area (Å²) in [5, 5.41) is 21.0. The first-order chi connectivity index (χ1) is 14.9. The van der Waals surface area contributed by atoms with Crippen LogP contribution in [0.5, 0.6) is 11.5 Å². The van der Waals surface area contributed by atoms with Gasteiger partial charge in [-0.2, -0.15) is 0 Å². The number of hydrogen-bond donors (Lipinski definition) is 2. The number of Topliss-reactive ketones (excluding diaryl/α,β-unsaturated/α-hetero) is 1. The highest BCUT2D eigenvalue weighted by molar-refractivity contribution is 6.47. The number of benzene rings is 2. The summed E-state index contributed by atoms with van der Waals surface area (Å²) < 4.78 is 10.9. The molecule has 2 atom stereocenters. The van der Waals surface area contributed by atoms with Gasteiger partial charge in [0.15, 0.2) is 0 Å². The average Bonchev–Trinajstić information content (AvgIpc) is 3.37. The molecule has 162 valence electrons. The van der Waals surface area contributed by atoms with Crippen molar-refractivity contribution in [2.24, 2.45) is 0 Å². The Kier molecular flexibility index (Phi) is 5.89. The smallest absolute Gasteiger partial charge is 0.295 e. The summed E-state index contributed by atoms with van der Waals surface area (Å²) in [5.74, 6) is -1.40. The number of likely N-dealkylation sites (tertiary alicyclic amines) is 1. The van der Waals surface area contributed by atoms with Gasteiger partial charge < -0.3 is 24.6 Å². The summed E-state index contributed by atoms with van der Waals surface area (Å²) in [7, 11) is 1.48. The molecule has 7 nitrogen and oxygen atoms in total. The summed E-state index contributed by atoms with van der Waals surface area (Å²) in [5.41, 5.74) is 0.708. The van der Waals surface area contributed by atoms with Crippen LogP contribution in [0.25, 0.3) is 5.76 Å². The van der Waals surface area contributed by atoms with E-state index < -0.39 is 17.7 Å². The topological polar surface area (TPSA) is 96.3 Å². The summed E-state index contributed by atoms with van der Waals surface area (Å²) >= 11 is 6.29. The van der Waals surface area contributed by atoms with Crippen molar-refractivity contribution in [3.63, 3.8) is 0 Å². The molecule has 4 rings (SSSR count). The van der Waals surface area contributed by atoms with E-state index in [1.54, 1.807) is 24.3 Å². The van der Waals surface area contributed by atoms with E-state index >= 15 is 0 Å². The lowest BCUT2D eigenvalue weighted by Crippen LogP contribution is -2.36. The van der Waals surface area contributed by atoms with Crippen LogP contribution in [0.1, 0.15) is 30.0 Å². The molecular formula is C23H22ClNO6. The standard InChI is InChI=1S/C23H22ClNO6/c1-30-15-8-9-18(24)17(11-15)21(27)19-20(13-4-6-14(26)7-5-13)25(23(29)22(19)28)12-16-3-2-10-31-16/h4-9,11,16,20,26-27H,2-3,10,12H2,1H3/b21-19+. The van der Waals surface area contributed by atoms with Crippen LogP contribution in [0, 0.1) is 0 Å². The third-order valence-corrected chi connectivity index (χ3v) is 5.93. The van der Waals surface area contributed by atoms with Crippen molar-refractivity contribution in [2.75, 3.05) is 20.3 Å². The molecule has 8 heteroatoms. The monoisotopic (exact) mass is 443 g/mol. The van der Waals surface area contributed by atoms with Gasteiger partial charge in [-0.15, -0.1) is 0 Å². The number of halogens is 1. The van der Waals surface area contributed by atoms with Gasteiger partial charge in [0.05, 0.1) is 29.9 Å². The summed E-state index contributed by atoms with van der Waals surface area (Å²) in [6.07, 6.45) is 1.49. The zero-order valence-electron chi connectivity index (χ0n) is 16.9. The minimum Gasteiger partial charge on any atom is -0.508 e. The lowest BCUT2D eigenvalue weighted by Gasteiger charge is -2.27. The largest absolute Gasteiger partial charge is 0.508 e. The molecule has 2 fully saturated rings. The van der Waals surface area contributed by atoms with Crippen molar-refractivity contribution >= 4 is 29.1 Å². The number of carbonyl (C=O) groups excluding carboxylic acids is 2. The van der Waals surface area contributed by atoms with Gasteiger partial charge in [-0.25, -0.2) is 0 Å². The predicted octanol–water partition coefficient (Wildman–Crippen LogP) is 3.65. The average molecular weight is 444 g/mol. The number of methoxy groups -OCH3 is 1. The molecule has 2 aliphatic heterocycles. The van der Waals surface area contributed by atoms with Gasteiger partial charge in [0.1, 0.15) is 17.3 Å². The normalized spacial score (nSPS) is 22.8. The number of phenolic OH excluding ortho intramolecular Hbond substituents is 1. The van der Waals surface area contributed by atoms with E-state index in [0.717, 1.165) is 12.8 Å². The van der Waals surface area contributed by atoms with Gasteiger partial charge in [-0.3, -0.25) is 9.59 Å². The summed E-state index contributed by atoms with van der Waals surface area (Å²) in [6, 6.07) is 10.0. The molecule has 2 aromatic carbocycles. The van der Waals surface area contributed by atoms with Crippen LogP contribution in [0.2, 0.25) is 5.02 Å². The fourth-order valence-corrected chi connectivity index (χ4v) is 4.24. The van der Waals surface area contributed by atoms with Crippen LogP contribution in [0.3, 0.4) is 0 Å². The molecule has 1 amide bonds. The van der Waals surface area contributed by atoms with E-state index in [1.165, 1.54) is 30.2 Å². The Hall–Kier alpha value is -3.03. The van der Waals surface area contributed by atoms with E-state index in [1.807, 2.05) is 0 Å². The fraction of sp³-hybridized carbons (Fsp3) is 0.304. The number of carbonyl (C=O) groups is 2. The number of rotatable bonds is 5. The molecule has 2 saturated heterocycles. The number of ether oxygens (including phenoxy) is 2. The molecule has 2 unspecified atom stereocenters. The molecule has 0 radical (unpaired) electrons. The molecule has 0 saturated carbocycles. The Balaban J connectivity index is 1.85. The number of amides is 1. The molecule has 0 bridgehead atoms. The lowest BCUT2D eigenvalue weighted by atomic mass is 9.95. The van der Waals surface area contributed by atoms with Gasteiger partial charge >= 0.3 is 0 Å². The van der Waals surface area contributed by atoms with E-state index in [2.05, 4.69) is 0 Å². The maximum absolute atomic E-state index is 13.0. The van der Waals surface area contributed by atoms with E-state index in [4.69, 9.17) is 21.1 Å². The molecule has 0 aromatic heterocycles. The second-order valence-corrected chi connectivity index (χ2v) is 7.93. The van der Waals surface area contributed by atoms with Crippen LogP contribution >= 0.6 is 11.6 Å². The third kappa shape index (κ3) is 3.98. The van der Waals surface area contributed by atoms with E-state index in [9.17, 15) is 19.8 Å². The quantitative estimate of drug-likeness (QED) is 0.416. The number of ketones is 1. The zero-order chi connectivity index (χ0) is 22.1. The second-order valence-electron chi connectivity index (χ2n) is 7.52. The summed E-state index contributed by atoms with van der Waals surface area (Å²) in [6.45, 7) is 0.830. The zero-order valence-corrected chi connectivity index (χ0v) is 17.6. The highest BCUT2D eigenvalue weighted by Crippen LogP contribution is 2.41. The lowest BCUT2D eigenvalue weighted by molar-refractivity contribution is -0.140. The first kappa shape index (κ1) is 21.2. The van der Waals surface area contributed by atoms with Crippen LogP contribution in [-0.2, 0) is 14.3 Å². The maximum Gasteiger partial charge on any atom is 0.295 e. The molecule has 0 spiro atoms. The maximum atomic E-state index is 13.0. The molecule has 2 N–H and O–H groups in total. The van der Waals surface area contributed by atoms with Gasteiger partial charge in [0.2, 0.25) is 0 Å². The van der Waals surface area contributed by atoms with Gasteiger partial charge in [-0.05, 0) is 48.7 Å². The highest BCUT2D eigenvalue weighted by Gasteiger charge is 2.47. The number of phenols is 1. The fourth-order valence-electron chi connectivity index (χ4n) is 4.04. The summed E-state index contributed by atoms with van der Waals surface area (Å²) in [4.78, 5) is 27.4. The Labute approximate surface area is 184 Å². The number of aliphatic hydroxyl groups is 1. The van der Waals surface area contributed by atoms with Gasteiger partial charge in [-0.1, -0.05) is 23.7 Å². The molecule has 2 heterocycles. The molecule has 0 aliphatic carbocycles. The van der Waals surface area contributed by atoms with Crippen LogP contribution < -0.4 is 4.74 Å². The Morgan fingerprint density at radius 1 is 1.23 bits per heavy atom. The van der Waals surface area contributed by atoms with Gasteiger partial charge in [0, 0.05) is 18.7 Å². The first-order valence-electron chi connectivity index (χ1n) is 9.93. The van der Waals surface area contributed by atoms with Crippen molar-refractivity contribution in [3.05, 3.63) is 64.2 Å². The minimum atomic E-state index is -0.841. The molecule has 2 aliphatic rings. The van der Waals surface area contributed by atoms with Crippen molar-refractivity contribution < 1.29 is 29.3 Å². The Bertz CT molecular complexity index is 1040. The molecule has 2 aromatic rings. The van der Waals surface area contributed by atoms with Crippen molar-refractivity contribution in [3.8, 4) is 11.5 Å². The minimum absolute atomic E-state index is 0.0515. The van der Waals surface area contributed by atoms with E-state index in [-0.39, 0.29) is 40.3 Å². The SMILES string of the molecule is COc1ccc(Cl)c(/C(O)=C2\C(=O)C(=O)N(CC3CCCO3)C2c2ccc(O)cc2)c1. The van der Waals surface area contributed by atoms with Crippen molar-refractivity contribution in [1.29, 1.82) is 0 Å². The Morgan fingerprint density at radius 3 is 2.61 bits per heavy atom.